The highest BCUT2D eigenvalue weighted by atomic mass is 16.5. The van der Waals surface area contributed by atoms with Crippen LogP contribution in [0, 0.1) is 0 Å². The molecule has 1 aromatic heterocycles. The minimum Gasteiger partial charge on any atom is -0.339 e. The number of hydrogen-bond acceptors (Lipinski definition) is 5. The Kier molecular flexibility index (Phi) is 4.12. The van der Waals surface area contributed by atoms with E-state index in [0.29, 0.717) is 30.9 Å². The fourth-order valence-corrected chi connectivity index (χ4v) is 2.57. The van der Waals surface area contributed by atoms with Crippen molar-refractivity contribution in [1.82, 2.24) is 15.0 Å². The van der Waals surface area contributed by atoms with Crippen LogP contribution in [0.25, 0.3) is 0 Å². The van der Waals surface area contributed by atoms with E-state index in [2.05, 4.69) is 28.9 Å². The van der Waals surface area contributed by atoms with E-state index in [-0.39, 0.29) is 0 Å². The molecule has 1 unspecified atom stereocenters. The molecule has 0 saturated carbocycles. The van der Waals surface area contributed by atoms with Crippen molar-refractivity contribution in [3.05, 3.63) is 11.7 Å². The average Bonchev–Trinajstić information content (AvgIpc) is 2.89. The highest BCUT2D eigenvalue weighted by Gasteiger charge is 2.27. The maximum absolute atomic E-state index is 5.46. The first-order valence-electron chi connectivity index (χ1n) is 6.48. The van der Waals surface area contributed by atoms with Gasteiger partial charge in [0, 0.05) is 31.5 Å². The molecule has 0 amide bonds. The Morgan fingerprint density at radius 2 is 2.35 bits per heavy atom. The lowest BCUT2D eigenvalue weighted by Crippen LogP contribution is -2.36. The van der Waals surface area contributed by atoms with Crippen LogP contribution in [0.5, 0.6) is 0 Å². The predicted molar refractivity (Wildman–Crippen MR) is 65.6 cm³/mol. The van der Waals surface area contributed by atoms with Gasteiger partial charge in [0.1, 0.15) is 0 Å². The summed E-state index contributed by atoms with van der Waals surface area (Å²) >= 11 is 0. The van der Waals surface area contributed by atoms with Crippen LogP contribution in [0.15, 0.2) is 4.52 Å². The molecule has 0 aliphatic carbocycles. The molecule has 0 bridgehead atoms. The van der Waals surface area contributed by atoms with Crippen LogP contribution in [0.1, 0.15) is 38.4 Å². The third-order valence-corrected chi connectivity index (χ3v) is 3.37. The van der Waals surface area contributed by atoms with Crippen LogP contribution in [0.3, 0.4) is 0 Å². The van der Waals surface area contributed by atoms with Gasteiger partial charge in [0.05, 0.1) is 0 Å². The van der Waals surface area contributed by atoms with E-state index in [1.807, 2.05) is 0 Å². The molecule has 0 aromatic carbocycles. The lowest BCUT2D eigenvalue weighted by molar-refractivity contribution is 0.200. The fourth-order valence-electron chi connectivity index (χ4n) is 2.57. The smallest absolute Gasteiger partial charge is 0.227 e. The first kappa shape index (κ1) is 12.5. The molecule has 2 rings (SSSR count). The third kappa shape index (κ3) is 3.04. The molecule has 17 heavy (non-hydrogen) atoms. The molecule has 1 fully saturated rings. The van der Waals surface area contributed by atoms with E-state index >= 15 is 0 Å². The topological polar surface area (TPSA) is 68.2 Å². The summed E-state index contributed by atoms with van der Waals surface area (Å²) in [5.41, 5.74) is 5.46. The van der Waals surface area contributed by atoms with Gasteiger partial charge in [0.25, 0.3) is 0 Å². The van der Waals surface area contributed by atoms with Gasteiger partial charge < -0.3 is 10.3 Å². The van der Waals surface area contributed by atoms with Gasteiger partial charge in [0.2, 0.25) is 5.89 Å². The summed E-state index contributed by atoms with van der Waals surface area (Å²) in [6.07, 6.45) is 4.08. The molecule has 0 radical (unpaired) electrons. The number of aromatic nitrogens is 2. The van der Waals surface area contributed by atoms with Crippen molar-refractivity contribution in [3.63, 3.8) is 0 Å². The van der Waals surface area contributed by atoms with Gasteiger partial charge in [-0.3, -0.25) is 4.90 Å². The molecule has 96 valence electrons. The largest absolute Gasteiger partial charge is 0.339 e. The second-order valence-corrected chi connectivity index (χ2v) is 4.97. The molecule has 5 nitrogen and oxygen atoms in total. The summed E-state index contributed by atoms with van der Waals surface area (Å²) in [5, 5.41) is 4.02. The zero-order valence-electron chi connectivity index (χ0n) is 10.7. The van der Waals surface area contributed by atoms with Crippen LogP contribution in [0.2, 0.25) is 0 Å². The van der Waals surface area contributed by atoms with Crippen LogP contribution in [-0.4, -0.2) is 40.2 Å². The van der Waals surface area contributed by atoms with Crippen LogP contribution >= 0.6 is 0 Å². The monoisotopic (exact) mass is 238 g/mol. The van der Waals surface area contributed by atoms with Gasteiger partial charge in [-0.2, -0.15) is 4.98 Å². The molecule has 0 spiro atoms. The standard InChI is InChI=1S/C12H22N4O/c1-9(2)16-7-3-4-10(16)8-11-14-12(5-6-13)17-15-11/h9-10H,3-8,13H2,1-2H3. The summed E-state index contributed by atoms with van der Waals surface area (Å²) < 4.78 is 5.15. The molecule has 1 aliphatic heterocycles. The summed E-state index contributed by atoms with van der Waals surface area (Å²) in [7, 11) is 0. The van der Waals surface area contributed by atoms with E-state index in [9.17, 15) is 0 Å². The van der Waals surface area contributed by atoms with Crippen molar-refractivity contribution in [2.45, 2.75) is 51.6 Å². The van der Waals surface area contributed by atoms with Crippen molar-refractivity contribution >= 4 is 0 Å². The molecule has 2 N–H and O–H groups in total. The molecule has 1 aliphatic rings. The Labute approximate surface area is 102 Å². The van der Waals surface area contributed by atoms with Crippen LogP contribution < -0.4 is 5.73 Å². The van der Waals surface area contributed by atoms with E-state index < -0.39 is 0 Å². The van der Waals surface area contributed by atoms with E-state index in [1.54, 1.807) is 0 Å². The quantitative estimate of drug-likeness (QED) is 0.828. The summed E-state index contributed by atoms with van der Waals surface area (Å²) in [4.78, 5) is 6.90. The molecule has 1 atom stereocenters. The van der Waals surface area contributed by atoms with Gasteiger partial charge >= 0.3 is 0 Å². The molecule has 1 aromatic rings. The van der Waals surface area contributed by atoms with Crippen molar-refractivity contribution in [3.8, 4) is 0 Å². The lowest BCUT2D eigenvalue weighted by atomic mass is 10.1. The molecule has 2 heterocycles. The van der Waals surface area contributed by atoms with Crippen molar-refractivity contribution < 1.29 is 4.52 Å². The molecule has 1 saturated heterocycles. The lowest BCUT2D eigenvalue weighted by Gasteiger charge is -2.27. The Morgan fingerprint density at radius 3 is 3.06 bits per heavy atom. The zero-order chi connectivity index (χ0) is 12.3. The van der Waals surface area contributed by atoms with Crippen molar-refractivity contribution in [1.29, 1.82) is 0 Å². The Bertz CT molecular complexity index is 350. The highest BCUT2D eigenvalue weighted by molar-refractivity contribution is 4.94. The Morgan fingerprint density at radius 1 is 1.53 bits per heavy atom. The van der Waals surface area contributed by atoms with Gasteiger partial charge in [-0.25, -0.2) is 0 Å². The van der Waals surface area contributed by atoms with Gasteiger partial charge in [-0.05, 0) is 33.2 Å². The minimum atomic E-state index is 0.559. The normalized spacial score (nSPS) is 21.5. The maximum Gasteiger partial charge on any atom is 0.227 e. The number of hydrogen-bond donors (Lipinski definition) is 1. The number of nitrogens with zero attached hydrogens (tertiary/aromatic N) is 3. The second-order valence-electron chi connectivity index (χ2n) is 4.97. The summed E-state index contributed by atoms with van der Waals surface area (Å²) in [6.45, 7) is 6.24. The summed E-state index contributed by atoms with van der Waals surface area (Å²) in [6, 6.07) is 1.16. The minimum absolute atomic E-state index is 0.559. The average molecular weight is 238 g/mol. The van der Waals surface area contributed by atoms with Crippen molar-refractivity contribution in [2.24, 2.45) is 5.73 Å². The maximum atomic E-state index is 5.46. The van der Waals surface area contributed by atoms with Gasteiger partial charge in [-0.15, -0.1) is 0 Å². The number of rotatable bonds is 5. The molecular weight excluding hydrogens is 216 g/mol. The first-order chi connectivity index (χ1) is 8.20. The number of likely N-dealkylation sites (tertiary alicyclic amines) is 1. The first-order valence-corrected chi connectivity index (χ1v) is 6.48. The molecule has 5 heteroatoms. The van der Waals surface area contributed by atoms with E-state index in [4.69, 9.17) is 10.3 Å². The van der Waals surface area contributed by atoms with Crippen LogP contribution in [0.4, 0.5) is 0 Å². The highest BCUT2D eigenvalue weighted by Crippen LogP contribution is 2.22. The molecular formula is C12H22N4O. The zero-order valence-corrected chi connectivity index (χ0v) is 10.7. The SMILES string of the molecule is CC(C)N1CCCC1Cc1noc(CCN)n1. The third-order valence-electron chi connectivity index (χ3n) is 3.37. The summed E-state index contributed by atoms with van der Waals surface area (Å²) in [5.74, 6) is 1.49. The van der Waals surface area contributed by atoms with Crippen LogP contribution in [-0.2, 0) is 12.8 Å². The van der Waals surface area contributed by atoms with Crippen molar-refractivity contribution in [2.75, 3.05) is 13.1 Å². The van der Waals surface area contributed by atoms with Gasteiger partial charge in [-0.1, -0.05) is 5.16 Å². The number of nitrogens with two attached hydrogens (primary N) is 1. The van der Waals surface area contributed by atoms with E-state index in [1.165, 1.54) is 19.4 Å². The second kappa shape index (κ2) is 5.60. The predicted octanol–water partition coefficient (Wildman–Crippen LogP) is 0.986. The van der Waals surface area contributed by atoms with E-state index in [0.717, 1.165) is 12.2 Å². The fraction of sp³-hybridized carbons (Fsp3) is 0.833. The Balaban J connectivity index is 1.95. The Hall–Kier alpha value is -0.940. The van der Waals surface area contributed by atoms with Gasteiger partial charge in [0.15, 0.2) is 5.82 Å².